The van der Waals surface area contributed by atoms with Gasteiger partial charge >= 0.3 is 0 Å². The second kappa shape index (κ2) is 7.14. The van der Waals surface area contributed by atoms with Gasteiger partial charge in [0.05, 0.1) is 19.2 Å². The molecule has 24 heavy (non-hydrogen) atoms. The van der Waals surface area contributed by atoms with Crippen LogP contribution < -0.4 is 10.1 Å². The first-order valence-electron chi connectivity index (χ1n) is 7.17. The van der Waals surface area contributed by atoms with E-state index in [-0.39, 0.29) is 12.5 Å². The molecule has 1 aromatic heterocycles. The summed E-state index contributed by atoms with van der Waals surface area (Å²) >= 11 is 5.95. The van der Waals surface area contributed by atoms with E-state index in [0.717, 1.165) is 5.56 Å². The maximum absolute atomic E-state index is 12.2. The Morgan fingerprint density at radius 1 is 1.25 bits per heavy atom. The molecule has 6 nitrogen and oxygen atoms in total. The van der Waals surface area contributed by atoms with Crippen molar-refractivity contribution < 1.29 is 14.1 Å². The number of para-hydroxylation sites is 1. The van der Waals surface area contributed by atoms with Crippen molar-refractivity contribution in [1.29, 1.82) is 0 Å². The van der Waals surface area contributed by atoms with E-state index in [1.807, 2.05) is 6.07 Å². The number of benzene rings is 2. The van der Waals surface area contributed by atoms with E-state index in [2.05, 4.69) is 15.5 Å². The van der Waals surface area contributed by atoms with Crippen molar-refractivity contribution in [1.82, 2.24) is 15.5 Å². The minimum absolute atomic E-state index is 0.116. The second-order valence-corrected chi connectivity index (χ2v) is 5.34. The lowest BCUT2D eigenvalue weighted by molar-refractivity contribution is 0.0943. The second-order valence-electron chi connectivity index (χ2n) is 4.91. The molecule has 1 heterocycles. The van der Waals surface area contributed by atoms with Crippen molar-refractivity contribution in [3.8, 4) is 17.1 Å². The first-order chi connectivity index (χ1) is 11.7. The number of halogens is 1. The van der Waals surface area contributed by atoms with Crippen LogP contribution in [0.1, 0.15) is 16.2 Å². The summed E-state index contributed by atoms with van der Waals surface area (Å²) in [6.07, 6.45) is 0. The molecule has 3 aromatic rings. The number of carbonyl (C=O) groups excluding carboxylic acids is 1. The molecule has 0 aliphatic heterocycles. The molecular weight excluding hydrogens is 330 g/mol. The number of methoxy groups -OCH3 is 1. The lowest BCUT2D eigenvalue weighted by atomic mass is 10.2. The molecule has 3 rings (SSSR count). The molecule has 0 aliphatic rings. The lowest BCUT2D eigenvalue weighted by Gasteiger charge is -2.07. The van der Waals surface area contributed by atoms with Crippen molar-refractivity contribution in [2.45, 2.75) is 6.54 Å². The molecule has 0 fully saturated rings. The SMILES string of the molecule is COc1ccccc1C(=O)NCc1nc(-c2cccc(Cl)c2)no1. The van der Waals surface area contributed by atoms with E-state index < -0.39 is 0 Å². The Kier molecular flexibility index (Phi) is 4.77. The monoisotopic (exact) mass is 343 g/mol. The van der Waals surface area contributed by atoms with E-state index in [4.69, 9.17) is 20.9 Å². The Morgan fingerprint density at radius 2 is 2.08 bits per heavy atom. The maximum Gasteiger partial charge on any atom is 0.255 e. The summed E-state index contributed by atoms with van der Waals surface area (Å²) in [5.74, 6) is 0.933. The Balaban J connectivity index is 1.68. The van der Waals surface area contributed by atoms with E-state index in [1.54, 1.807) is 42.5 Å². The van der Waals surface area contributed by atoms with Crippen LogP contribution in [0.25, 0.3) is 11.4 Å². The number of hydrogen-bond acceptors (Lipinski definition) is 5. The zero-order chi connectivity index (χ0) is 16.9. The summed E-state index contributed by atoms with van der Waals surface area (Å²) < 4.78 is 10.3. The quantitative estimate of drug-likeness (QED) is 0.768. The number of aromatic nitrogens is 2. The fourth-order valence-corrected chi connectivity index (χ4v) is 2.35. The fourth-order valence-electron chi connectivity index (χ4n) is 2.15. The molecule has 2 aromatic carbocycles. The minimum Gasteiger partial charge on any atom is -0.496 e. The Bertz CT molecular complexity index is 864. The summed E-state index contributed by atoms with van der Waals surface area (Å²) in [7, 11) is 1.52. The van der Waals surface area contributed by atoms with Crippen LogP contribution in [0.4, 0.5) is 0 Å². The van der Waals surface area contributed by atoms with Gasteiger partial charge in [-0.15, -0.1) is 0 Å². The number of amides is 1. The number of carbonyl (C=O) groups is 1. The maximum atomic E-state index is 12.2. The van der Waals surface area contributed by atoms with Gasteiger partial charge in [-0.3, -0.25) is 4.79 Å². The van der Waals surface area contributed by atoms with Crippen LogP contribution in [0.2, 0.25) is 5.02 Å². The molecule has 0 unspecified atom stereocenters. The normalized spacial score (nSPS) is 10.4. The number of rotatable bonds is 5. The third kappa shape index (κ3) is 3.55. The average molecular weight is 344 g/mol. The largest absolute Gasteiger partial charge is 0.496 e. The third-order valence-corrected chi connectivity index (χ3v) is 3.54. The van der Waals surface area contributed by atoms with Crippen LogP contribution >= 0.6 is 11.6 Å². The molecule has 122 valence electrons. The van der Waals surface area contributed by atoms with Gasteiger partial charge in [0.2, 0.25) is 11.7 Å². The highest BCUT2D eigenvalue weighted by Gasteiger charge is 2.14. The van der Waals surface area contributed by atoms with Gasteiger partial charge < -0.3 is 14.6 Å². The van der Waals surface area contributed by atoms with E-state index in [9.17, 15) is 4.79 Å². The van der Waals surface area contributed by atoms with Crippen molar-refractivity contribution in [2.75, 3.05) is 7.11 Å². The number of ether oxygens (including phenoxy) is 1. The summed E-state index contributed by atoms with van der Waals surface area (Å²) in [5, 5.41) is 7.20. The van der Waals surface area contributed by atoms with Crippen molar-refractivity contribution in [3.63, 3.8) is 0 Å². The highest BCUT2D eigenvalue weighted by atomic mass is 35.5. The Morgan fingerprint density at radius 3 is 2.88 bits per heavy atom. The van der Waals surface area contributed by atoms with Gasteiger partial charge in [-0.2, -0.15) is 4.98 Å². The van der Waals surface area contributed by atoms with Crippen molar-refractivity contribution in [3.05, 3.63) is 65.0 Å². The zero-order valence-electron chi connectivity index (χ0n) is 12.8. The molecule has 0 aliphatic carbocycles. The molecule has 1 amide bonds. The standard InChI is InChI=1S/C17H14ClN3O3/c1-23-14-8-3-2-7-13(14)17(22)19-10-15-20-16(21-24-15)11-5-4-6-12(18)9-11/h2-9H,10H2,1H3,(H,19,22). The summed E-state index contributed by atoms with van der Waals surface area (Å²) in [6.45, 7) is 0.116. The number of hydrogen-bond donors (Lipinski definition) is 1. The van der Waals surface area contributed by atoms with E-state index in [1.165, 1.54) is 7.11 Å². The smallest absolute Gasteiger partial charge is 0.255 e. The highest BCUT2D eigenvalue weighted by molar-refractivity contribution is 6.30. The Hall–Kier alpha value is -2.86. The average Bonchev–Trinajstić information content (AvgIpc) is 3.08. The van der Waals surface area contributed by atoms with Crippen LogP contribution in [-0.4, -0.2) is 23.2 Å². The van der Waals surface area contributed by atoms with E-state index >= 15 is 0 Å². The predicted molar refractivity (Wildman–Crippen MR) is 88.9 cm³/mol. The van der Waals surface area contributed by atoms with Gasteiger partial charge in [0, 0.05) is 10.6 Å². The molecule has 0 spiro atoms. The van der Waals surface area contributed by atoms with Crippen LogP contribution in [0, 0.1) is 0 Å². The minimum atomic E-state index is -0.282. The van der Waals surface area contributed by atoms with E-state index in [0.29, 0.717) is 28.1 Å². The first-order valence-corrected chi connectivity index (χ1v) is 7.55. The van der Waals surface area contributed by atoms with Gasteiger partial charge in [0.25, 0.3) is 5.91 Å². The third-order valence-electron chi connectivity index (χ3n) is 3.30. The predicted octanol–water partition coefficient (Wildman–Crippen LogP) is 3.33. The van der Waals surface area contributed by atoms with Crippen molar-refractivity contribution in [2.24, 2.45) is 0 Å². The molecular formula is C17H14ClN3O3. The number of nitrogens with one attached hydrogen (secondary N) is 1. The Labute approximate surface area is 143 Å². The number of nitrogens with zero attached hydrogens (tertiary/aromatic N) is 2. The van der Waals surface area contributed by atoms with Crippen LogP contribution in [0.5, 0.6) is 5.75 Å². The molecule has 0 radical (unpaired) electrons. The van der Waals surface area contributed by atoms with Crippen LogP contribution in [0.3, 0.4) is 0 Å². The molecule has 0 saturated heterocycles. The highest BCUT2D eigenvalue weighted by Crippen LogP contribution is 2.20. The van der Waals surface area contributed by atoms with Gasteiger partial charge in [0.1, 0.15) is 5.75 Å². The first kappa shape index (κ1) is 16.0. The van der Waals surface area contributed by atoms with Gasteiger partial charge in [-0.05, 0) is 24.3 Å². The molecule has 0 atom stereocenters. The van der Waals surface area contributed by atoms with Crippen molar-refractivity contribution >= 4 is 17.5 Å². The van der Waals surface area contributed by atoms with Crippen LogP contribution in [-0.2, 0) is 6.54 Å². The van der Waals surface area contributed by atoms with Gasteiger partial charge in [-0.25, -0.2) is 0 Å². The summed E-state index contributed by atoms with van der Waals surface area (Å²) in [4.78, 5) is 16.5. The molecule has 1 N–H and O–H groups in total. The van der Waals surface area contributed by atoms with Gasteiger partial charge in [0.15, 0.2) is 0 Å². The fraction of sp³-hybridized carbons (Fsp3) is 0.118. The summed E-state index contributed by atoms with van der Waals surface area (Å²) in [6, 6.07) is 14.1. The molecule has 7 heteroatoms. The molecule has 0 bridgehead atoms. The summed E-state index contributed by atoms with van der Waals surface area (Å²) in [5.41, 5.74) is 1.18. The zero-order valence-corrected chi connectivity index (χ0v) is 13.6. The van der Waals surface area contributed by atoms with Crippen LogP contribution in [0.15, 0.2) is 53.1 Å². The topological polar surface area (TPSA) is 77.2 Å². The lowest BCUT2D eigenvalue weighted by Crippen LogP contribution is -2.23. The van der Waals surface area contributed by atoms with Gasteiger partial charge in [-0.1, -0.05) is 41.0 Å². The molecule has 0 saturated carbocycles.